The number of aliphatic hydroxyl groups excluding tert-OH is 1. The van der Waals surface area contributed by atoms with Crippen molar-refractivity contribution in [3.63, 3.8) is 0 Å². The summed E-state index contributed by atoms with van der Waals surface area (Å²) in [5.74, 6) is -2.34. The van der Waals surface area contributed by atoms with Crippen LogP contribution < -0.4 is 11.0 Å². The minimum absolute atomic E-state index is 0.00894. The summed E-state index contributed by atoms with van der Waals surface area (Å²) in [7, 11) is -4.00. The lowest BCUT2D eigenvalue weighted by Crippen LogP contribution is -2.51. The second-order valence-corrected chi connectivity index (χ2v) is 20.1. The Hall–Kier alpha value is -1.54. The molecule has 12 heteroatoms. The molecule has 0 aromatic rings. The Morgan fingerprint density at radius 1 is 0.583 bits per heavy atom. The molecule has 3 unspecified atom stereocenters. The molecule has 0 aromatic heterocycles. The first-order valence-corrected chi connectivity index (χ1v) is 26.6. The number of aliphatic hydroxyl groups is 1. The first kappa shape index (κ1) is 58.5. The molecule has 354 valence electrons. The van der Waals surface area contributed by atoms with Crippen LogP contribution in [0.2, 0.25) is 0 Å². The van der Waals surface area contributed by atoms with Gasteiger partial charge in [-0.1, -0.05) is 194 Å². The number of unbranched alkanes of at least 4 members (excludes halogenated alkanes) is 28. The van der Waals surface area contributed by atoms with Gasteiger partial charge in [0.2, 0.25) is 0 Å². The fraction of sp³-hybridized carbons (Fsp3) is 0.938. The summed E-state index contributed by atoms with van der Waals surface area (Å²) in [6.45, 7) is 11.6. The molecule has 0 aliphatic heterocycles. The zero-order chi connectivity index (χ0) is 44.5. The zero-order valence-electron chi connectivity index (χ0n) is 39.8. The number of nitrogens with zero attached hydrogens (tertiary/aromatic N) is 2. The number of rotatable bonds is 45. The molecule has 0 aromatic carbocycles. The molecule has 0 amide bonds. The minimum atomic E-state index is -4.00. The van der Waals surface area contributed by atoms with Crippen molar-refractivity contribution in [3.8, 4) is 6.07 Å². The number of hydroxylamine groups is 2. The van der Waals surface area contributed by atoms with E-state index in [1.54, 1.807) is 4.67 Å². The van der Waals surface area contributed by atoms with Gasteiger partial charge in [0.05, 0.1) is 31.7 Å². The van der Waals surface area contributed by atoms with E-state index >= 15 is 0 Å². The van der Waals surface area contributed by atoms with Crippen molar-refractivity contribution < 1.29 is 33.5 Å². The third-order valence-electron chi connectivity index (χ3n) is 11.3. The summed E-state index contributed by atoms with van der Waals surface area (Å²) < 4.78 is 22.4. The van der Waals surface area contributed by atoms with Crippen molar-refractivity contribution in [3.05, 3.63) is 0 Å². The predicted molar refractivity (Wildman–Crippen MR) is 248 cm³/mol. The van der Waals surface area contributed by atoms with Crippen LogP contribution in [0.25, 0.3) is 0 Å². The molecule has 0 rings (SSSR count). The van der Waals surface area contributed by atoms with E-state index in [0.717, 1.165) is 38.5 Å². The third-order valence-corrected chi connectivity index (χ3v) is 14.6. The fourth-order valence-electron chi connectivity index (χ4n) is 7.94. The van der Waals surface area contributed by atoms with Gasteiger partial charge in [-0.15, -0.1) is 5.48 Å². The number of carbonyl (C=O) groups excluding carboxylic acids is 2. The van der Waals surface area contributed by atoms with Crippen LogP contribution in [0.5, 0.6) is 0 Å². The predicted octanol–water partition coefficient (Wildman–Crippen LogP) is 13.5. The SMILES string of the molecule is CCCCCCCCCCCCCCCCCC(=O)ONCC(O)C(NOC(=O)CCCCCCCCCCCCCCCCC)P(=O)(OCCC#N)N(C(C)C)C(C)C. The van der Waals surface area contributed by atoms with Crippen LogP contribution in [-0.4, -0.2) is 58.8 Å². The Labute approximate surface area is 369 Å². The van der Waals surface area contributed by atoms with E-state index in [-0.39, 0.29) is 44.5 Å². The van der Waals surface area contributed by atoms with E-state index in [1.807, 2.05) is 33.8 Å². The molecule has 0 bridgehead atoms. The lowest BCUT2D eigenvalue weighted by atomic mass is 10.0. The average molecular weight is 871 g/mol. The first-order valence-electron chi connectivity index (χ1n) is 25.0. The number of nitriles is 1. The highest BCUT2D eigenvalue weighted by Gasteiger charge is 2.47. The van der Waals surface area contributed by atoms with Gasteiger partial charge in [0.15, 0.2) is 5.78 Å². The molecule has 11 nitrogen and oxygen atoms in total. The molecule has 0 aliphatic rings. The van der Waals surface area contributed by atoms with Gasteiger partial charge in [-0.2, -0.15) is 10.7 Å². The number of hydrogen-bond donors (Lipinski definition) is 3. The Morgan fingerprint density at radius 2 is 0.917 bits per heavy atom. The highest BCUT2D eigenvalue weighted by atomic mass is 31.2. The van der Waals surface area contributed by atoms with E-state index in [9.17, 15) is 24.5 Å². The summed E-state index contributed by atoms with van der Waals surface area (Å²) in [4.78, 5) is 36.1. The van der Waals surface area contributed by atoms with Gasteiger partial charge >= 0.3 is 11.9 Å². The monoisotopic (exact) mass is 871 g/mol. The summed E-state index contributed by atoms with van der Waals surface area (Å²) in [6.07, 6.45) is 36.0. The van der Waals surface area contributed by atoms with E-state index in [1.165, 1.54) is 148 Å². The van der Waals surface area contributed by atoms with Crippen molar-refractivity contribution in [1.82, 2.24) is 15.6 Å². The van der Waals surface area contributed by atoms with E-state index < -0.39 is 31.3 Å². The lowest BCUT2D eigenvalue weighted by Gasteiger charge is -2.41. The maximum Gasteiger partial charge on any atom is 0.324 e. The number of hydrogen-bond acceptors (Lipinski definition) is 10. The van der Waals surface area contributed by atoms with Gasteiger partial charge < -0.3 is 19.3 Å². The minimum Gasteiger partial charge on any atom is -0.389 e. The zero-order valence-corrected chi connectivity index (χ0v) is 40.7. The highest BCUT2D eigenvalue weighted by Crippen LogP contribution is 2.57. The summed E-state index contributed by atoms with van der Waals surface area (Å²) in [6, 6.07) is 1.47. The number of carbonyl (C=O) groups is 2. The smallest absolute Gasteiger partial charge is 0.324 e. The van der Waals surface area contributed by atoms with Crippen LogP contribution in [-0.2, 0) is 28.4 Å². The normalized spacial score (nSPS) is 13.8. The molecule has 0 heterocycles. The van der Waals surface area contributed by atoms with E-state index in [0.29, 0.717) is 6.42 Å². The van der Waals surface area contributed by atoms with Crippen LogP contribution in [0.15, 0.2) is 0 Å². The standard InChI is InChI=1S/C48H95N4O7P/c1-7-9-11-13-15-17-19-21-23-25-27-29-31-33-35-38-46(54)58-50-42-45(53)48(60(56,57-41-37-40-49)52(43(3)4)44(5)6)51-59-47(55)39-36-34-32-30-28-26-24-22-20-18-16-14-12-10-8-2/h43-45,48,50-51,53H,7-39,41-42H2,1-6H3. The van der Waals surface area contributed by atoms with Gasteiger partial charge in [-0.05, 0) is 40.5 Å². The van der Waals surface area contributed by atoms with Gasteiger partial charge in [-0.25, -0.2) is 4.67 Å². The summed E-state index contributed by atoms with van der Waals surface area (Å²) in [5.41, 5.74) is 5.16. The molecule has 0 aliphatic carbocycles. The average Bonchev–Trinajstić information content (AvgIpc) is 3.20. The Kier molecular flexibility index (Phi) is 40.4. The van der Waals surface area contributed by atoms with Gasteiger partial charge in [-0.3, -0.25) is 14.2 Å². The van der Waals surface area contributed by atoms with Gasteiger partial charge in [0.25, 0.3) is 7.52 Å². The molecule has 0 spiro atoms. The molecular weight excluding hydrogens is 776 g/mol. The highest BCUT2D eigenvalue weighted by molar-refractivity contribution is 7.57. The largest absolute Gasteiger partial charge is 0.389 e. The molecule has 3 atom stereocenters. The quantitative estimate of drug-likeness (QED) is 0.0305. The van der Waals surface area contributed by atoms with Crippen LogP contribution in [0, 0.1) is 11.3 Å². The van der Waals surface area contributed by atoms with Gasteiger partial charge in [0.1, 0.15) is 0 Å². The Morgan fingerprint density at radius 3 is 1.25 bits per heavy atom. The fourth-order valence-corrected chi connectivity index (χ4v) is 10.9. The second kappa shape index (κ2) is 41.5. The van der Waals surface area contributed by atoms with Crippen molar-refractivity contribution in [2.75, 3.05) is 13.2 Å². The van der Waals surface area contributed by atoms with Crippen molar-refractivity contribution in [2.45, 2.75) is 277 Å². The van der Waals surface area contributed by atoms with Gasteiger partial charge in [0, 0.05) is 24.9 Å². The van der Waals surface area contributed by atoms with Crippen LogP contribution >= 0.6 is 7.52 Å². The summed E-state index contributed by atoms with van der Waals surface area (Å²) in [5, 5.41) is 20.6. The maximum absolute atomic E-state index is 14.8. The summed E-state index contributed by atoms with van der Waals surface area (Å²) >= 11 is 0. The molecular formula is C48H95N4O7P. The molecule has 0 saturated heterocycles. The second-order valence-electron chi connectivity index (χ2n) is 17.7. The Balaban J connectivity index is 4.79. The molecule has 0 saturated carbocycles. The molecule has 3 N–H and O–H groups in total. The molecule has 0 radical (unpaired) electrons. The molecule has 0 fully saturated rings. The van der Waals surface area contributed by atoms with Crippen molar-refractivity contribution >= 4 is 19.5 Å². The van der Waals surface area contributed by atoms with Crippen molar-refractivity contribution in [2.24, 2.45) is 0 Å². The Bertz CT molecular complexity index is 1080. The topological polar surface area (TPSA) is 150 Å². The van der Waals surface area contributed by atoms with E-state index in [2.05, 4.69) is 24.8 Å². The van der Waals surface area contributed by atoms with Crippen LogP contribution in [0.4, 0.5) is 0 Å². The first-order chi connectivity index (χ1) is 29.0. The van der Waals surface area contributed by atoms with Crippen LogP contribution in [0.1, 0.15) is 253 Å². The molecule has 60 heavy (non-hydrogen) atoms. The number of nitrogens with one attached hydrogen (secondary N) is 2. The maximum atomic E-state index is 14.8. The van der Waals surface area contributed by atoms with Crippen LogP contribution in [0.3, 0.4) is 0 Å². The third kappa shape index (κ3) is 32.2. The lowest BCUT2D eigenvalue weighted by molar-refractivity contribution is -0.154. The van der Waals surface area contributed by atoms with Crippen molar-refractivity contribution in [1.29, 1.82) is 5.26 Å². The van der Waals surface area contributed by atoms with E-state index in [4.69, 9.17) is 14.2 Å².